The van der Waals surface area contributed by atoms with Crippen LogP contribution in [0.15, 0.2) is 12.1 Å². The second kappa shape index (κ2) is 4.66. The minimum Gasteiger partial charge on any atom is -0.428 e. The molecule has 0 saturated carbocycles. The summed E-state index contributed by atoms with van der Waals surface area (Å²) in [6, 6.07) is 4.33. The molecule has 0 fully saturated rings. The number of rotatable bonds is 3. The zero-order valence-electron chi connectivity index (χ0n) is 12.7. The smallest absolute Gasteiger partial charge is 0.298 e. The first-order valence-corrected chi connectivity index (χ1v) is 7.10. The fraction of sp³-hybridized carbons (Fsp3) is 0.588. The van der Waals surface area contributed by atoms with E-state index in [1.165, 1.54) is 24.0 Å². The molecule has 0 heterocycles. The largest absolute Gasteiger partial charge is 0.428 e. The van der Waals surface area contributed by atoms with Crippen LogP contribution in [0.5, 0.6) is 5.75 Å². The highest BCUT2D eigenvalue weighted by Crippen LogP contribution is 2.47. The standard InChI is InChI=1S/C17H24O2/c1-6-12-9-13-14(10-15(12)19-11-18)17(4,5)8-7-16(13,2)3/h9-11H,6-8H2,1-5H3. The van der Waals surface area contributed by atoms with E-state index in [9.17, 15) is 4.79 Å². The molecule has 0 unspecified atom stereocenters. The molecule has 2 rings (SSSR count). The van der Waals surface area contributed by atoms with Crippen LogP contribution >= 0.6 is 0 Å². The average Bonchev–Trinajstić information content (AvgIpc) is 2.35. The molecule has 0 amide bonds. The van der Waals surface area contributed by atoms with Crippen LogP contribution in [0.1, 0.15) is 64.2 Å². The van der Waals surface area contributed by atoms with Gasteiger partial charge in [0.25, 0.3) is 6.47 Å². The molecular weight excluding hydrogens is 236 g/mol. The highest BCUT2D eigenvalue weighted by atomic mass is 16.5. The van der Waals surface area contributed by atoms with E-state index in [0.717, 1.165) is 17.7 Å². The molecule has 0 aromatic heterocycles. The van der Waals surface area contributed by atoms with Crippen LogP contribution < -0.4 is 4.74 Å². The molecular formula is C17H24O2. The van der Waals surface area contributed by atoms with Gasteiger partial charge in [0.15, 0.2) is 0 Å². The molecule has 1 aromatic carbocycles. The van der Waals surface area contributed by atoms with Gasteiger partial charge in [-0.3, -0.25) is 4.79 Å². The fourth-order valence-electron chi connectivity index (χ4n) is 3.08. The Labute approximate surface area is 116 Å². The molecule has 0 N–H and O–H groups in total. The number of hydrogen-bond acceptors (Lipinski definition) is 2. The highest BCUT2D eigenvalue weighted by molar-refractivity contribution is 5.54. The van der Waals surface area contributed by atoms with Crippen molar-refractivity contribution in [2.24, 2.45) is 0 Å². The maximum atomic E-state index is 10.7. The third kappa shape index (κ3) is 2.41. The number of ether oxygens (including phenoxy) is 1. The predicted molar refractivity (Wildman–Crippen MR) is 77.8 cm³/mol. The van der Waals surface area contributed by atoms with Gasteiger partial charge in [-0.25, -0.2) is 0 Å². The third-order valence-electron chi connectivity index (χ3n) is 4.59. The first-order chi connectivity index (χ1) is 8.81. The van der Waals surface area contributed by atoms with Gasteiger partial charge in [-0.05, 0) is 52.8 Å². The summed E-state index contributed by atoms with van der Waals surface area (Å²) in [4.78, 5) is 10.7. The molecule has 2 nitrogen and oxygen atoms in total. The summed E-state index contributed by atoms with van der Waals surface area (Å²) in [6.45, 7) is 11.8. The Morgan fingerprint density at radius 3 is 2.11 bits per heavy atom. The maximum Gasteiger partial charge on any atom is 0.298 e. The molecule has 0 atom stereocenters. The number of hydrogen-bond donors (Lipinski definition) is 0. The van der Waals surface area contributed by atoms with E-state index in [2.05, 4.69) is 46.8 Å². The monoisotopic (exact) mass is 260 g/mol. The summed E-state index contributed by atoms with van der Waals surface area (Å²) in [7, 11) is 0. The SMILES string of the molecule is CCc1cc2c(cc1OC=O)C(C)(C)CCC2(C)C. The van der Waals surface area contributed by atoms with Gasteiger partial charge >= 0.3 is 0 Å². The Morgan fingerprint density at radius 2 is 1.63 bits per heavy atom. The molecule has 0 radical (unpaired) electrons. The van der Waals surface area contributed by atoms with Crippen molar-refractivity contribution in [1.82, 2.24) is 0 Å². The summed E-state index contributed by atoms with van der Waals surface area (Å²) >= 11 is 0. The summed E-state index contributed by atoms with van der Waals surface area (Å²) in [5.41, 5.74) is 4.22. The lowest BCUT2D eigenvalue weighted by atomic mass is 9.63. The number of carbonyl (C=O) groups is 1. The van der Waals surface area contributed by atoms with Crippen LogP contribution in [0.3, 0.4) is 0 Å². The second-order valence-corrected chi connectivity index (χ2v) is 6.84. The summed E-state index contributed by atoms with van der Waals surface area (Å²) in [6.07, 6.45) is 3.25. The van der Waals surface area contributed by atoms with Gasteiger partial charge in [0.2, 0.25) is 0 Å². The highest BCUT2D eigenvalue weighted by Gasteiger charge is 2.37. The quantitative estimate of drug-likeness (QED) is 0.764. The van der Waals surface area contributed by atoms with E-state index < -0.39 is 0 Å². The Bertz CT molecular complexity index is 498. The molecule has 1 aromatic rings. The number of fused-ring (bicyclic) bond motifs is 1. The minimum atomic E-state index is 0.151. The Balaban J connectivity index is 2.66. The van der Waals surface area contributed by atoms with Gasteiger partial charge in [0, 0.05) is 0 Å². The second-order valence-electron chi connectivity index (χ2n) is 6.84. The van der Waals surface area contributed by atoms with E-state index in [1.54, 1.807) is 0 Å². The van der Waals surface area contributed by atoms with Gasteiger partial charge < -0.3 is 4.74 Å². The maximum absolute atomic E-state index is 10.7. The number of carbonyl (C=O) groups excluding carboxylic acids is 1. The van der Waals surface area contributed by atoms with Gasteiger partial charge in [0.1, 0.15) is 5.75 Å². The van der Waals surface area contributed by atoms with Crippen LogP contribution in [0, 0.1) is 0 Å². The van der Waals surface area contributed by atoms with E-state index in [4.69, 9.17) is 4.74 Å². The number of aryl methyl sites for hydroxylation is 1. The fourth-order valence-corrected chi connectivity index (χ4v) is 3.08. The van der Waals surface area contributed by atoms with Crippen LogP contribution in [-0.2, 0) is 22.0 Å². The van der Waals surface area contributed by atoms with Crippen molar-refractivity contribution in [2.75, 3.05) is 0 Å². The molecule has 1 aliphatic rings. The lowest BCUT2D eigenvalue weighted by Gasteiger charge is -2.42. The van der Waals surface area contributed by atoms with Gasteiger partial charge in [-0.1, -0.05) is 40.7 Å². The normalized spacial score (nSPS) is 19.6. The first-order valence-electron chi connectivity index (χ1n) is 7.10. The average molecular weight is 260 g/mol. The van der Waals surface area contributed by atoms with Crippen molar-refractivity contribution in [3.05, 3.63) is 28.8 Å². The first kappa shape index (κ1) is 14.1. The summed E-state index contributed by atoms with van der Waals surface area (Å²) in [5, 5.41) is 0. The van der Waals surface area contributed by atoms with Gasteiger partial charge in [-0.2, -0.15) is 0 Å². The van der Waals surface area contributed by atoms with Crippen LogP contribution in [0.25, 0.3) is 0 Å². The molecule has 0 saturated heterocycles. The molecule has 0 aliphatic heterocycles. The van der Waals surface area contributed by atoms with Crippen molar-refractivity contribution < 1.29 is 9.53 Å². The van der Waals surface area contributed by atoms with Crippen LogP contribution in [0.2, 0.25) is 0 Å². The van der Waals surface area contributed by atoms with E-state index in [-0.39, 0.29) is 10.8 Å². The van der Waals surface area contributed by atoms with E-state index in [0.29, 0.717) is 6.47 Å². The molecule has 19 heavy (non-hydrogen) atoms. The van der Waals surface area contributed by atoms with Crippen LogP contribution in [-0.4, -0.2) is 6.47 Å². The zero-order valence-corrected chi connectivity index (χ0v) is 12.7. The summed E-state index contributed by atoms with van der Waals surface area (Å²) in [5.74, 6) is 0.724. The Hall–Kier alpha value is -1.31. The number of benzene rings is 1. The van der Waals surface area contributed by atoms with Crippen molar-refractivity contribution in [3.8, 4) is 5.75 Å². The third-order valence-corrected chi connectivity index (χ3v) is 4.59. The lowest BCUT2D eigenvalue weighted by Crippen LogP contribution is -2.34. The van der Waals surface area contributed by atoms with Crippen LogP contribution in [0.4, 0.5) is 0 Å². The Morgan fingerprint density at radius 1 is 1.11 bits per heavy atom. The Kier molecular flexibility index (Phi) is 3.46. The van der Waals surface area contributed by atoms with E-state index >= 15 is 0 Å². The van der Waals surface area contributed by atoms with Crippen molar-refractivity contribution >= 4 is 6.47 Å². The zero-order chi connectivity index (χ0) is 14.3. The summed E-state index contributed by atoms with van der Waals surface area (Å²) < 4.78 is 5.17. The molecule has 1 aliphatic carbocycles. The minimum absolute atomic E-state index is 0.151. The van der Waals surface area contributed by atoms with Crippen molar-refractivity contribution in [2.45, 2.75) is 64.7 Å². The van der Waals surface area contributed by atoms with Crippen molar-refractivity contribution in [1.29, 1.82) is 0 Å². The van der Waals surface area contributed by atoms with Gasteiger partial charge in [0.05, 0.1) is 0 Å². The molecule has 0 spiro atoms. The molecule has 0 bridgehead atoms. The molecule has 104 valence electrons. The van der Waals surface area contributed by atoms with Crippen molar-refractivity contribution in [3.63, 3.8) is 0 Å². The van der Waals surface area contributed by atoms with E-state index in [1.807, 2.05) is 0 Å². The lowest BCUT2D eigenvalue weighted by molar-refractivity contribution is -0.120. The molecule has 2 heteroatoms. The van der Waals surface area contributed by atoms with Gasteiger partial charge in [-0.15, -0.1) is 0 Å². The predicted octanol–water partition coefficient (Wildman–Crippen LogP) is 4.13. The topological polar surface area (TPSA) is 26.3 Å².